The third-order valence-electron chi connectivity index (χ3n) is 2.20. The van der Waals surface area contributed by atoms with Gasteiger partial charge in [-0.15, -0.1) is 11.3 Å². The van der Waals surface area contributed by atoms with E-state index in [2.05, 4.69) is 4.74 Å². The van der Waals surface area contributed by atoms with Crippen LogP contribution in [0.1, 0.15) is 9.67 Å². The maximum Gasteiger partial charge on any atom is 0.348 e. The lowest BCUT2D eigenvalue weighted by molar-refractivity contribution is -0.387. The molecule has 0 bridgehead atoms. The summed E-state index contributed by atoms with van der Waals surface area (Å²) in [6.07, 6.45) is 0. The van der Waals surface area contributed by atoms with Gasteiger partial charge in [-0.25, -0.2) is 4.79 Å². The minimum atomic E-state index is -0.932. The molecule has 5 nitrogen and oxygen atoms in total. The Kier molecular flexibility index (Phi) is 2.76. The number of carbonyl (C=O) groups is 1. The SMILES string of the molecule is COC(=O)c1cc2c(F)c([N+](=O)[O-])ccc2s1. The number of nitro groups is 1. The van der Waals surface area contributed by atoms with Gasteiger partial charge in [0.2, 0.25) is 5.82 Å². The van der Waals surface area contributed by atoms with Crippen molar-refractivity contribution in [3.63, 3.8) is 0 Å². The molecule has 0 N–H and O–H groups in total. The van der Waals surface area contributed by atoms with Gasteiger partial charge in [-0.3, -0.25) is 10.1 Å². The zero-order chi connectivity index (χ0) is 12.6. The zero-order valence-corrected chi connectivity index (χ0v) is 9.41. The summed E-state index contributed by atoms with van der Waals surface area (Å²) >= 11 is 1.03. The van der Waals surface area contributed by atoms with Gasteiger partial charge in [-0.2, -0.15) is 4.39 Å². The van der Waals surface area contributed by atoms with Crippen molar-refractivity contribution < 1.29 is 18.8 Å². The fourth-order valence-corrected chi connectivity index (χ4v) is 2.38. The second kappa shape index (κ2) is 4.10. The van der Waals surface area contributed by atoms with E-state index in [1.165, 1.54) is 19.2 Å². The van der Waals surface area contributed by atoms with Crippen LogP contribution in [0.2, 0.25) is 0 Å². The number of nitro benzene ring substituents is 1. The van der Waals surface area contributed by atoms with E-state index in [-0.39, 0.29) is 10.3 Å². The Morgan fingerprint density at radius 2 is 2.24 bits per heavy atom. The van der Waals surface area contributed by atoms with Gasteiger partial charge in [0.1, 0.15) is 4.88 Å². The Morgan fingerprint density at radius 3 is 2.82 bits per heavy atom. The van der Waals surface area contributed by atoms with Crippen LogP contribution in [0.5, 0.6) is 0 Å². The molecule has 0 aliphatic rings. The number of thiophene rings is 1. The number of carbonyl (C=O) groups excluding carboxylic acids is 1. The summed E-state index contributed by atoms with van der Waals surface area (Å²) in [6, 6.07) is 3.75. The van der Waals surface area contributed by atoms with E-state index in [9.17, 15) is 19.3 Å². The summed E-state index contributed by atoms with van der Waals surface area (Å²) < 4.78 is 18.7. The van der Waals surface area contributed by atoms with E-state index in [0.29, 0.717) is 4.70 Å². The second-order valence-corrected chi connectivity index (χ2v) is 4.25. The molecule has 88 valence electrons. The summed E-state index contributed by atoms with van der Waals surface area (Å²) in [5.74, 6) is -1.52. The third-order valence-corrected chi connectivity index (χ3v) is 3.28. The summed E-state index contributed by atoms with van der Waals surface area (Å²) in [5.41, 5.74) is -0.605. The molecule has 1 aromatic carbocycles. The minimum Gasteiger partial charge on any atom is -0.465 e. The molecule has 0 spiro atoms. The van der Waals surface area contributed by atoms with Crippen LogP contribution in [0, 0.1) is 15.9 Å². The molecule has 0 aliphatic heterocycles. The smallest absolute Gasteiger partial charge is 0.348 e. The van der Waals surface area contributed by atoms with Crippen LogP contribution in [0.25, 0.3) is 10.1 Å². The van der Waals surface area contributed by atoms with Crippen LogP contribution in [0.15, 0.2) is 18.2 Å². The van der Waals surface area contributed by atoms with Crippen LogP contribution >= 0.6 is 11.3 Å². The van der Waals surface area contributed by atoms with Crippen molar-refractivity contribution in [3.8, 4) is 0 Å². The van der Waals surface area contributed by atoms with Gasteiger partial charge < -0.3 is 4.74 Å². The first-order valence-electron chi connectivity index (χ1n) is 4.49. The van der Waals surface area contributed by atoms with E-state index >= 15 is 0 Å². The van der Waals surface area contributed by atoms with Crippen molar-refractivity contribution >= 4 is 33.1 Å². The van der Waals surface area contributed by atoms with Crippen LogP contribution < -0.4 is 0 Å². The number of hydrogen-bond acceptors (Lipinski definition) is 5. The zero-order valence-electron chi connectivity index (χ0n) is 8.60. The average Bonchev–Trinajstić information content (AvgIpc) is 2.72. The first-order valence-corrected chi connectivity index (χ1v) is 5.31. The summed E-state index contributed by atoms with van der Waals surface area (Å²) in [4.78, 5) is 21.2. The third kappa shape index (κ3) is 1.84. The van der Waals surface area contributed by atoms with Crippen LogP contribution in [0.3, 0.4) is 0 Å². The van der Waals surface area contributed by atoms with Crippen LogP contribution in [-0.2, 0) is 4.74 Å². The van der Waals surface area contributed by atoms with Crippen molar-refractivity contribution in [2.75, 3.05) is 7.11 Å². The topological polar surface area (TPSA) is 69.4 Å². The number of benzene rings is 1. The minimum absolute atomic E-state index is 0.0598. The number of rotatable bonds is 2. The normalized spacial score (nSPS) is 10.5. The Morgan fingerprint density at radius 1 is 1.53 bits per heavy atom. The van der Waals surface area contributed by atoms with Crippen molar-refractivity contribution in [1.29, 1.82) is 0 Å². The second-order valence-electron chi connectivity index (χ2n) is 3.17. The van der Waals surface area contributed by atoms with Gasteiger partial charge in [0.05, 0.1) is 12.0 Å². The number of fused-ring (bicyclic) bond motifs is 1. The Hall–Kier alpha value is -2.02. The Bertz CT molecular complexity index is 622. The lowest BCUT2D eigenvalue weighted by Crippen LogP contribution is -1.96. The molecule has 0 radical (unpaired) electrons. The maximum atomic E-state index is 13.7. The molecule has 7 heteroatoms. The van der Waals surface area contributed by atoms with E-state index < -0.39 is 22.4 Å². The molecule has 0 amide bonds. The number of hydrogen-bond donors (Lipinski definition) is 0. The van der Waals surface area contributed by atoms with Gasteiger partial charge in [-0.1, -0.05) is 0 Å². The van der Waals surface area contributed by atoms with Gasteiger partial charge in [0.25, 0.3) is 0 Å². The molecule has 0 fully saturated rings. The number of nitrogens with zero attached hydrogens (tertiary/aromatic N) is 1. The summed E-state index contributed by atoms with van der Waals surface area (Å²) in [5, 5.41) is 10.6. The van der Waals surface area contributed by atoms with Gasteiger partial charge in [-0.05, 0) is 12.1 Å². The van der Waals surface area contributed by atoms with Gasteiger partial charge >= 0.3 is 11.7 Å². The number of ether oxygens (including phenoxy) is 1. The molecule has 2 rings (SSSR count). The van der Waals surface area contributed by atoms with Gasteiger partial charge in [0, 0.05) is 16.2 Å². The predicted octanol–water partition coefficient (Wildman–Crippen LogP) is 2.74. The average molecular weight is 255 g/mol. The largest absolute Gasteiger partial charge is 0.465 e. The fourth-order valence-electron chi connectivity index (χ4n) is 1.41. The summed E-state index contributed by atoms with van der Waals surface area (Å²) in [6.45, 7) is 0. The Balaban J connectivity index is 2.66. The van der Waals surface area contributed by atoms with Crippen LogP contribution in [0.4, 0.5) is 10.1 Å². The molecule has 0 saturated carbocycles. The fraction of sp³-hybridized carbons (Fsp3) is 0.100. The van der Waals surface area contributed by atoms with E-state index in [0.717, 1.165) is 17.4 Å². The highest BCUT2D eigenvalue weighted by atomic mass is 32.1. The number of methoxy groups -OCH3 is 1. The highest BCUT2D eigenvalue weighted by Crippen LogP contribution is 2.32. The van der Waals surface area contributed by atoms with Crippen molar-refractivity contribution in [2.45, 2.75) is 0 Å². The molecule has 17 heavy (non-hydrogen) atoms. The molecule has 2 aromatic rings. The lowest BCUT2D eigenvalue weighted by Gasteiger charge is -1.94. The summed E-state index contributed by atoms with van der Waals surface area (Å²) in [7, 11) is 1.21. The molecular weight excluding hydrogens is 249 g/mol. The van der Waals surface area contributed by atoms with Crippen molar-refractivity contribution in [3.05, 3.63) is 39.0 Å². The van der Waals surface area contributed by atoms with Gasteiger partial charge in [0.15, 0.2) is 0 Å². The monoisotopic (exact) mass is 255 g/mol. The Labute approximate surface area is 98.6 Å². The molecule has 0 unspecified atom stereocenters. The van der Waals surface area contributed by atoms with E-state index in [1.54, 1.807) is 0 Å². The predicted molar refractivity (Wildman–Crippen MR) is 59.8 cm³/mol. The lowest BCUT2D eigenvalue weighted by atomic mass is 10.2. The molecule has 0 atom stereocenters. The molecule has 1 aromatic heterocycles. The molecular formula is C10H6FNO4S. The highest BCUT2D eigenvalue weighted by Gasteiger charge is 2.20. The highest BCUT2D eigenvalue weighted by molar-refractivity contribution is 7.20. The van der Waals surface area contributed by atoms with E-state index in [4.69, 9.17) is 0 Å². The first kappa shape index (κ1) is 11.5. The standard InChI is InChI=1S/C10H6FNO4S/c1-16-10(13)8-4-5-7(17-8)3-2-6(9(5)11)12(14)15/h2-4H,1H3. The van der Waals surface area contributed by atoms with Crippen molar-refractivity contribution in [1.82, 2.24) is 0 Å². The molecule has 0 aliphatic carbocycles. The number of halogens is 1. The van der Waals surface area contributed by atoms with Crippen LogP contribution in [-0.4, -0.2) is 18.0 Å². The first-order chi connectivity index (χ1) is 8.04. The molecule has 1 heterocycles. The number of esters is 1. The maximum absolute atomic E-state index is 13.7. The quantitative estimate of drug-likeness (QED) is 0.470. The molecule has 0 saturated heterocycles. The van der Waals surface area contributed by atoms with E-state index in [1.807, 2.05) is 0 Å². The van der Waals surface area contributed by atoms with Crippen molar-refractivity contribution in [2.24, 2.45) is 0 Å².